The van der Waals surface area contributed by atoms with Crippen LogP contribution in [0.4, 0.5) is 0 Å². The Kier molecular flexibility index (Phi) is 6.11. The molecule has 0 saturated heterocycles. The van der Waals surface area contributed by atoms with Crippen LogP contribution in [0.25, 0.3) is 0 Å². The molecule has 1 aliphatic heterocycles. The SMILES string of the molecule is CCOc1ccc(Oc2ccc(S(=O)(=O)N3CCc4ccccc4[C@@H]3C(=O)O)cn2)cc1. The summed E-state index contributed by atoms with van der Waals surface area (Å²) in [7, 11) is -4.08. The lowest BCUT2D eigenvalue weighted by atomic mass is 9.94. The molecule has 0 saturated carbocycles. The van der Waals surface area contributed by atoms with Gasteiger partial charge in [0.15, 0.2) is 0 Å². The van der Waals surface area contributed by atoms with E-state index in [-0.39, 0.29) is 17.3 Å². The summed E-state index contributed by atoms with van der Waals surface area (Å²) in [6, 6.07) is 15.5. The van der Waals surface area contributed by atoms with Crippen LogP contribution in [-0.4, -0.2) is 41.9 Å². The first-order valence-electron chi connectivity index (χ1n) is 10.1. The Morgan fingerprint density at radius 3 is 2.47 bits per heavy atom. The summed E-state index contributed by atoms with van der Waals surface area (Å²) >= 11 is 0. The van der Waals surface area contributed by atoms with Gasteiger partial charge in [-0.1, -0.05) is 24.3 Å². The van der Waals surface area contributed by atoms with E-state index in [1.807, 2.05) is 19.1 Å². The van der Waals surface area contributed by atoms with Crippen LogP contribution in [-0.2, 0) is 21.2 Å². The second-order valence-corrected chi connectivity index (χ2v) is 9.03. The Labute approximate surface area is 186 Å². The summed E-state index contributed by atoms with van der Waals surface area (Å²) in [6.45, 7) is 2.52. The van der Waals surface area contributed by atoms with E-state index in [1.54, 1.807) is 36.4 Å². The highest BCUT2D eigenvalue weighted by Crippen LogP contribution is 2.34. The second kappa shape index (κ2) is 8.97. The number of ether oxygens (including phenoxy) is 2. The van der Waals surface area contributed by atoms with E-state index < -0.39 is 22.0 Å². The molecule has 0 aliphatic carbocycles. The smallest absolute Gasteiger partial charge is 0.326 e. The molecular formula is C23H22N2O6S. The Hall–Kier alpha value is -3.43. The minimum absolute atomic E-state index is 0.0702. The number of fused-ring (bicyclic) bond motifs is 1. The molecule has 0 amide bonds. The van der Waals surface area contributed by atoms with E-state index in [0.717, 1.165) is 9.87 Å². The highest BCUT2D eigenvalue weighted by molar-refractivity contribution is 7.89. The molecular weight excluding hydrogens is 432 g/mol. The average molecular weight is 455 g/mol. The standard InChI is InChI=1S/C23H22N2O6S/c1-2-30-17-7-9-18(10-8-17)31-21-12-11-19(15-24-21)32(28,29)25-14-13-16-5-3-4-6-20(16)22(25)23(26)27/h3-12,15,22H,2,13-14H2,1H3,(H,26,27)/t22-/m1/s1. The fourth-order valence-corrected chi connectivity index (χ4v) is 5.17. The van der Waals surface area contributed by atoms with E-state index in [1.165, 1.54) is 18.3 Å². The van der Waals surface area contributed by atoms with Gasteiger partial charge in [0.25, 0.3) is 0 Å². The Morgan fingerprint density at radius 1 is 1.09 bits per heavy atom. The molecule has 0 radical (unpaired) electrons. The molecule has 166 valence electrons. The summed E-state index contributed by atoms with van der Waals surface area (Å²) in [6.07, 6.45) is 1.62. The predicted molar refractivity (Wildman–Crippen MR) is 116 cm³/mol. The van der Waals surface area contributed by atoms with Crippen LogP contribution in [0.15, 0.2) is 71.8 Å². The molecule has 2 aromatic carbocycles. The van der Waals surface area contributed by atoms with Crippen molar-refractivity contribution in [2.45, 2.75) is 24.3 Å². The Morgan fingerprint density at radius 2 is 1.81 bits per heavy atom. The number of rotatable bonds is 7. The topological polar surface area (TPSA) is 106 Å². The quantitative estimate of drug-likeness (QED) is 0.581. The maximum atomic E-state index is 13.2. The van der Waals surface area contributed by atoms with Crippen molar-refractivity contribution in [3.8, 4) is 17.4 Å². The molecule has 3 aromatic rings. The van der Waals surface area contributed by atoms with Gasteiger partial charge < -0.3 is 14.6 Å². The number of hydrogen-bond donors (Lipinski definition) is 1. The number of carboxylic acid groups (broad SMARTS) is 1. The first-order valence-corrected chi connectivity index (χ1v) is 11.5. The van der Waals surface area contributed by atoms with Gasteiger partial charge in [0.05, 0.1) is 12.8 Å². The second-order valence-electron chi connectivity index (χ2n) is 7.14. The van der Waals surface area contributed by atoms with E-state index in [2.05, 4.69) is 4.98 Å². The number of carbonyl (C=O) groups is 1. The number of aliphatic carboxylic acids is 1. The maximum Gasteiger partial charge on any atom is 0.326 e. The summed E-state index contributed by atoms with van der Waals surface area (Å²) < 4.78 is 38.6. The minimum Gasteiger partial charge on any atom is -0.494 e. The molecule has 0 spiro atoms. The lowest BCUT2D eigenvalue weighted by Gasteiger charge is -2.33. The largest absolute Gasteiger partial charge is 0.494 e. The van der Waals surface area contributed by atoms with Gasteiger partial charge in [0.2, 0.25) is 15.9 Å². The zero-order valence-corrected chi connectivity index (χ0v) is 18.2. The number of sulfonamides is 1. The van der Waals surface area contributed by atoms with E-state index >= 15 is 0 Å². The molecule has 0 bridgehead atoms. The first kappa shape index (κ1) is 21.8. The third-order valence-electron chi connectivity index (χ3n) is 5.15. The van der Waals surface area contributed by atoms with Gasteiger partial charge in [-0.3, -0.25) is 4.79 Å². The highest BCUT2D eigenvalue weighted by atomic mass is 32.2. The van der Waals surface area contributed by atoms with Crippen LogP contribution in [0.2, 0.25) is 0 Å². The summed E-state index contributed by atoms with van der Waals surface area (Å²) in [5, 5.41) is 9.78. The molecule has 0 fully saturated rings. The number of carboxylic acids is 1. The highest BCUT2D eigenvalue weighted by Gasteiger charge is 2.40. The monoisotopic (exact) mass is 454 g/mol. The van der Waals surface area contributed by atoms with Gasteiger partial charge >= 0.3 is 5.97 Å². The Balaban J connectivity index is 1.56. The molecule has 0 unspecified atom stereocenters. The number of hydrogen-bond acceptors (Lipinski definition) is 6. The number of pyridine rings is 1. The van der Waals surface area contributed by atoms with Crippen molar-refractivity contribution >= 4 is 16.0 Å². The van der Waals surface area contributed by atoms with Gasteiger partial charge in [-0.2, -0.15) is 4.31 Å². The van der Waals surface area contributed by atoms with Crippen molar-refractivity contribution < 1.29 is 27.8 Å². The van der Waals surface area contributed by atoms with Crippen molar-refractivity contribution in [3.63, 3.8) is 0 Å². The summed E-state index contributed by atoms with van der Waals surface area (Å²) in [5.74, 6) is 0.233. The molecule has 1 aromatic heterocycles. The van der Waals surface area contributed by atoms with Crippen LogP contribution in [0, 0.1) is 0 Å². The summed E-state index contributed by atoms with van der Waals surface area (Å²) in [4.78, 5) is 16.0. The van der Waals surface area contributed by atoms with E-state index in [9.17, 15) is 18.3 Å². The van der Waals surface area contributed by atoms with Crippen LogP contribution in [0.3, 0.4) is 0 Å². The van der Waals surface area contributed by atoms with Crippen LogP contribution < -0.4 is 9.47 Å². The zero-order chi connectivity index (χ0) is 22.7. The molecule has 32 heavy (non-hydrogen) atoms. The van der Waals surface area contributed by atoms with Crippen LogP contribution in [0.5, 0.6) is 17.4 Å². The molecule has 4 rings (SSSR count). The molecule has 8 nitrogen and oxygen atoms in total. The van der Waals surface area contributed by atoms with Crippen LogP contribution >= 0.6 is 0 Å². The third-order valence-corrected chi connectivity index (χ3v) is 6.99. The normalized spacial score (nSPS) is 16.2. The lowest BCUT2D eigenvalue weighted by molar-refractivity contribution is -0.142. The molecule has 9 heteroatoms. The fourth-order valence-electron chi connectivity index (χ4n) is 3.67. The number of nitrogens with zero attached hydrogens (tertiary/aromatic N) is 2. The zero-order valence-electron chi connectivity index (χ0n) is 17.3. The maximum absolute atomic E-state index is 13.2. The number of benzene rings is 2. The van der Waals surface area contributed by atoms with Crippen molar-refractivity contribution in [1.82, 2.24) is 9.29 Å². The number of aromatic nitrogens is 1. The van der Waals surface area contributed by atoms with Gasteiger partial charge in [-0.25, -0.2) is 13.4 Å². The summed E-state index contributed by atoms with van der Waals surface area (Å²) in [5.41, 5.74) is 1.32. The van der Waals surface area contributed by atoms with Crippen molar-refractivity contribution in [1.29, 1.82) is 0 Å². The molecule has 1 N–H and O–H groups in total. The molecule has 2 heterocycles. The third kappa shape index (κ3) is 4.30. The van der Waals surface area contributed by atoms with E-state index in [0.29, 0.717) is 30.1 Å². The Bertz CT molecular complexity index is 1210. The van der Waals surface area contributed by atoms with Gasteiger partial charge in [-0.15, -0.1) is 0 Å². The minimum atomic E-state index is -4.08. The van der Waals surface area contributed by atoms with Crippen molar-refractivity contribution in [3.05, 3.63) is 78.0 Å². The van der Waals surface area contributed by atoms with Crippen molar-refractivity contribution in [2.24, 2.45) is 0 Å². The van der Waals surface area contributed by atoms with E-state index in [4.69, 9.17) is 9.47 Å². The van der Waals surface area contributed by atoms with Crippen molar-refractivity contribution in [2.75, 3.05) is 13.2 Å². The van der Waals surface area contributed by atoms with Gasteiger partial charge in [0.1, 0.15) is 22.4 Å². The fraction of sp³-hybridized carbons (Fsp3) is 0.217. The predicted octanol–water partition coefficient (Wildman–Crippen LogP) is 3.65. The molecule has 1 atom stereocenters. The van der Waals surface area contributed by atoms with Gasteiger partial charge in [0, 0.05) is 12.6 Å². The first-order chi connectivity index (χ1) is 15.4. The average Bonchev–Trinajstić information content (AvgIpc) is 2.80. The molecule has 1 aliphatic rings. The van der Waals surface area contributed by atoms with Gasteiger partial charge in [-0.05, 0) is 54.8 Å². The van der Waals surface area contributed by atoms with Crippen LogP contribution in [0.1, 0.15) is 24.1 Å². The lowest BCUT2D eigenvalue weighted by Crippen LogP contribution is -2.43.